The van der Waals surface area contributed by atoms with Crippen LogP contribution in [0.5, 0.6) is 0 Å². The van der Waals surface area contributed by atoms with E-state index in [0.29, 0.717) is 17.0 Å². The first-order chi connectivity index (χ1) is 8.73. The minimum absolute atomic E-state index is 0.172. The lowest BCUT2D eigenvalue weighted by molar-refractivity contribution is -0.136. The summed E-state index contributed by atoms with van der Waals surface area (Å²) in [5, 5.41) is 8.69. The summed E-state index contributed by atoms with van der Waals surface area (Å²) in [7, 11) is -1.05. The zero-order valence-electron chi connectivity index (χ0n) is 11.5. The molecular formula is C12H18N2O4S. The molecule has 1 rings (SSSR count). The lowest BCUT2D eigenvalue weighted by atomic mass is 10.1. The molecule has 0 aliphatic carbocycles. The molecule has 0 amide bonds. The highest BCUT2D eigenvalue weighted by atomic mass is 32.2. The molecule has 1 heterocycles. The molecule has 1 aromatic rings. The van der Waals surface area contributed by atoms with E-state index in [2.05, 4.69) is 4.98 Å². The Morgan fingerprint density at radius 3 is 2.53 bits per heavy atom. The SMILES string of the molecule is Cc1nc(=O)n(CC(C)S(C)=O)c(C)c1CC(=O)O. The van der Waals surface area contributed by atoms with Crippen molar-refractivity contribution in [2.24, 2.45) is 0 Å². The van der Waals surface area contributed by atoms with Crippen molar-refractivity contribution in [1.82, 2.24) is 9.55 Å². The highest BCUT2D eigenvalue weighted by molar-refractivity contribution is 7.84. The minimum atomic E-state index is -1.05. The van der Waals surface area contributed by atoms with Crippen molar-refractivity contribution in [3.63, 3.8) is 0 Å². The summed E-state index contributed by atoms with van der Waals surface area (Å²) < 4.78 is 12.8. The predicted octanol–water partition coefficient (Wildman–Crippen LogP) is 0.254. The zero-order chi connectivity index (χ0) is 14.7. The van der Waals surface area contributed by atoms with Crippen LogP contribution in [0.4, 0.5) is 0 Å². The summed E-state index contributed by atoms with van der Waals surface area (Å²) in [6.45, 7) is 5.37. The smallest absolute Gasteiger partial charge is 0.348 e. The number of rotatable bonds is 5. The Hall–Kier alpha value is -1.50. The van der Waals surface area contributed by atoms with Crippen molar-refractivity contribution in [2.75, 3.05) is 6.26 Å². The van der Waals surface area contributed by atoms with Gasteiger partial charge < -0.3 is 5.11 Å². The molecule has 2 atom stereocenters. The molecule has 1 N–H and O–H groups in total. The van der Waals surface area contributed by atoms with Crippen LogP contribution >= 0.6 is 0 Å². The highest BCUT2D eigenvalue weighted by Gasteiger charge is 2.16. The summed E-state index contributed by atoms with van der Waals surface area (Å²) in [6.07, 6.45) is 1.40. The molecule has 6 nitrogen and oxygen atoms in total. The van der Waals surface area contributed by atoms with Crippen LogP contribution in [0.15, 0.2) is 4.79 Å². The number of hydrogen-bond acceptors (Lipinski definition) is 4. The second-order valence-electron chi connectivity index (χ2n) is 4.53. The van der Waals surface area contributed by atoms with E-state index < -0.39 is 22.5 Å². The van der Waals surface area contributed by atoms with E-state index in [-0.39, 0.29) is 18.2 Å². The van der Waals surface area contributed by atoms with Crippen LogP contribution < -0.4 is 5.69 Å². The van der Waals surface area contributed by atoms with Gasteiger partial charge >= 0.3 is 11.7 Å². The number of carboxylic acids is 1. The van der Waals surface area contributed by atoms with Crippen molar-refractivity contribution < 1.29 is 14.1 Å². The average Bonchev–Trinajstić information content (AvgIpc) is 2.29. The first-order valence-corrected chi connectivity index (χ1v) is 7.47. The largest absolute Gasteiger partial charge is 0.481 e. The van der Waals surface area contributed by atoms with Gasteiger partial charge in [-0.2, -0.15) is 4.98 Å². The Kier molecular flexibility index (Phi) is 4.99. The second-order valence-corrected chi connectivity index (χ2v) is 6.34. The molecule has 0 saturated carbocycles. The lowest BCUT2D eigenvalue weighted by Gasteiger charge is -2.17. The summed E-state index contributed by atoms with van der Waals surface area (Å²) >= 11 is 0. The summed E-state index contributed by atoms with van der Waals surface area (Å²) in [5.41, 5.74) is 1.13. The van der Waals surface area contributed by atoms with E-state index in [0.717, 1.165) is 0 Å². The van der Waals surface area contributed by atoms with E-state index in [1.165, 1.54) is 4.57 Å². The number of aliphatic carboxylic acids is 1. The highest BCUT2D eigenvalue weighted by Crippen LogP contribution is 2.11. The quantitative estimate of drug-likeness (QED) is 0.838. The van der Waals surface area contributed by atoms with Crippen LogP contribution in [-0.4, -0.2) is 36.3 Å². The van der Waals surface area contributed by atoms with Gasteiger partial charge in [0, 0.05) is 45.8 Å². The zero-order valence-corrected chi connectivity index (χ0v) is 12.3. The van der Waals surface area contributed by atoms with Crippen LogP contribution in [0.25, 0.3) is 0 Å². The van der Waals surface area contributed by atoms with Crippen molar-refractivity contribution in [2.45, 2.75) is 39.0 Å². The van der Waals surface area contributed by atoms with Gasteiger partial charge in [-0.3, -0.25) is 13.6 Å². The molecule has 0 bridgehead atoms. The molecule has 1 aromatic heterocycles. The molecule has 0 radical (unpaired) electrons. The van der Waals surface area contributed by atoms with Crippen molar-refractivity contribution in [3.8, 4) is 0 Å². The molecule has 0 aliphatic heterocycles. The molecule has 0 fully saturated rings. The fourth-order valence-corrected chi connectivity index (χ4v) is 2.18. The van der Waals surface area contributed by atoms with Gasteiger partial charge in [0.1, 0.15) is 0 Å². The number of aromatic nitrogens is 2. The maximum Gasteiger partial charge on any atom is 0.348 e. The second kappa shape index (κ2) is 6.10. The number of hydrogen-bond donors (Lipinski definition) is 1. The third kappa shape index (κ3) is 3.73. The minimum Gasteiger partial charge on any atom is -0.481 e. The summed E-state index contributed by atoms with van der Waals surface area (Å²) in [4.78, 5) is 26.5. The van der Waals surface area contributed by atoms with Gasteiger partial charge in [0.2, 0.25) is 0 Å². The van der Waals surface area contributed by atoms with Gasteiger partial charge in [0.25, 0.3) is 0 Å². The third-order valence-electron chi connectivity index (χ3n) is 3.11. The molecule has 19 heavy (non-hydrogen) atoms. The number of nitrogens with zero attached hydrogens (tertiary/aromatic N) is 2. The standard InChI is InChI=1S/C12H18N2O4S/c1-7(19(4)18)6-14-9(3)10(5-11(15)16)8(2)13-12(14)17/h7H,5-6H2,1-4H3,(H,15,16). The Morgan fingerprint density at radius 1 is 1.47 bits per heavy atom. The molecule has 2 unspecified atom stereocenters. The van der Waals surface area contributed by atoms with Crippen molar-refractivity contribution in [3.05, 3.63) is 27.4 Å². The normalized spacial score (nSPS) is 14.1. The Labute approximate surface area is 113 Å². The Morgan fingerprint density at radius 2 is 2.05 bits per heavy atom. The maximum absolute atomic E-state index is 11.9. The van der Waals surface area contributed by atoms with Gasteiger partial charge in [-0.05, 0) is 20.8 Å². The monoisotopic (exact) mass is 286 g/mol. The van der Waals surface area contributed by atoms with Gasteiger partial charge in [0.05, 0.1) is 6.42 Å². The first-order valence-electron chi connectivity index (χ1n) is 5.85. The molecule has 0 saturated heterocycles. The van der Waals surface area contributed by atoms with E-state index >= 15 is 0 Å². The molecule has 0 aromatic carbocycles. The third-order valence-corrected chi connectivity index (χ3v) is 4.39. The van der Waals surface area contributed by atoms with Gasteiger partial charge in [-0.25, -0.2) is 4.79 Å². The molecule has 7 heteroatoms. The summed E-state index contributed by atoms with van der Waals surface area (Å²) in [6, 6.07) is 0. The van der Waals surface area contributed by atoms with Crippen LogP contribution in [-0.2, 0) is 28.6 Å². The molecule has 106 valence electrons. The van der Waals surface area contributed by atoms with Crippen molar-refractivity contribution >= 4 is 16.8 Å². The van der Waals surface area contributed by atoms with Crippen LogP contribution in [0.1, 0.15) is 23.9 Å². The van der Waals surface area contributed by atoms with Gasteiger partial charge in [-0.1, -0.05) is 0 Å². The van der Waals surface area contributed by atoms with Gasteiger partial charge in [0.15, 0.2) is 0 Å². The van der Waals surface area contributed by atoms with E-state index in [1.54, 1.807) is 27.0 Å². The Balaban J connectivity index is 3.28. The van der Waals surface area contributed by atoms with E-state index in [1.807, 2.05) is 0 Å². The Bertz CT molecular complexity index is 580. The summed E-state index contributed by atoms with van der Waals surface area (Å²) in [5.74, 6) is -0.967. The van der Waals surface area contributed by atoms with Crippen LogP contribution in [0.2, 0.25) is 0 Å². The van der Waals surface area contributed by atoms with Crippen molar-refractivity contribution in [1.29, 1.82) is 0 Å². The number of carboxylic acid groups (broad SMARTS) is 1. The number of carbonyl (C=O) groups is 1. The molecule has 0 aliphatic rings. The van der Waals surface area contributed by atoms with E-state index in [4.69, 9.17) is 5.11 Å². The average molecular weight is 286 g/mol. The number of aryl methyl sites for hydroxylation is 1. The lowest BCUT2D eigenvalue weighted by Crippen LogP contribution is -2.32. The van der Waals surface area contributed by atoms with Crippen LogP contribution in [0, 0.1) is 13.8 Å². The van der Waals surface area contributed by atoms with Crippen LogP contribution in [0.3, 0.4) is 0 Å². The first kappa shape index (κ1) is 15.6. The van der Waals surface area contributed by atoms with E-state index in [9.17, 15) is 13.8 Å². The molecular weight excluding hydrogens is 268 g/mol. The maximum atomic E-state index is 11.9. The fourth-order valence-electron chi connectivity index (χ4n) is 1.82. The fraction of sp³-hybridized carbons (Fsp3) is 0.583. The molecule has 0 spiro atoms. The topological polar surface area (TPSA) is 89.3 Å². The predicted molar refractivity (Wildman–Crippen MR) is 72.8 cm³/mol. The van der Waals surface area contributed by atoms with Gasteiger partial charge in [-0.15, -0.1) is 0 Å².